The molecule has 2 aromatic rings. The van der Waals surface area contributed by atoms with E-state index in [1.54, 1.807) is 23.6 Å². The first-order valence-corrected chi connectivity index (χ1v) is 9.13. The number of sulfonamides is 1. The Bertz CT molecular complexity index is 675. The Morgan fingerprint density at radius 2 is 2.19 bits per heavy atom. The van der Waals surface area contributed by atoms with Crippen LogP contribution < -0.4 is 10.0 Å². The minimum absolute atomic E-state index is 0.137. The maximum Gasteiger partial charge on any atom is 0.242 e. The quantitative estimate of drug-likeness (QED) is 0.814. The number of hydrogen-bond donors (Lipinski definition) is 2. The van der Waals surface area contributed by atoms with E-state index in [0.717, 1.165) is 5.69 Å². The van der Waals surface area contributed by atoms with Crippen LogP contribution in [0.15, 0.2) is 34.7 Å². The first-order valence-electron chi connectivity index (χ1n) is 6.77. The number of aryl methyl sites for hydroxylation is 1. The number of rotatable bonds is 7. The van der Waals surface area contributed by atoms with Crippen molar-refractivity contribution in [2.45, 2.75) is 30.8 Å². The van der Waals surface area contributed by atoms with E-state index in [1.165, 1.54) is 4.88 Å². The fourth-order valence-corrected chi connectivity index (χ4v) is 4.36. The van der Waals surface area contributed by atoms with Crippen LogP contribution in [0.1, 0.15) is 17.5 Å². The molecule has 2 N–H and O–H groups in total. The zero-order valence-electron chi connectivity index (χ0n) is 12.5. The van der Waals surface area contributed by atoms with Gasteiger partial charge in [-0.15, -0.1) is 11.3 Å². The largest absolute Gasteiger partial charge is 0.352 e. The monoisotopic (exact) mass is 327 g/mol. The minimum Gasteiger partial charge on any atom is -0.352 e. The highest BCUT2D eigenvalue weighted by atomic mass is 32.2. The van der Waals surface area contributed by atoms with E-state index in [2.05, 4.69) is 10.0 Å². The van der Waals surface area contributed by atoms with Crippen molar-refractivity contribution in [2.24, 2.45) is 7.05 Å². The van der Waals surface area contributed by atoms with Gasteiger partial charge >= 0.3 is 0 Å². The molecule has 2 rings (SSSR count). The highest BCUT2D eigenvalue weighted by Crippen LogP contribution is 2.16. The van der Waals surface area contributed by atoms with Gasteiger partial charge in [0.2, 0.25) is 10.0 Å². The Morgan fingerprint density at radius 1 is 1.43 bits per heavy atom. The molecule has 0 saturated carbocycles. The van der Waals surface area contributed by atoms with E-state index < -0.39 is 10.0 Å². The maximum atomic E-state index is 12.4. The van der Waals surface area contributed by atoms with Crippen LogP contribution in [0.3, 0.4) is 0 Å². The zero-order valence-corrected chi connectivity index (χ0v) is 14.1. The summed E-state index contributed by atoms with van der Waals surface area (Å²) in [7, 11) is 0.207. The van der Waals surface area contributed by atoms with E-state index in [9.17, 15) is 8.42 Å². The van der Waals surface area contributed by atoms with Gasteiger partial charge < -0.3 is 9.88 Å². The third-order valence-corrected chi connectivity index (χ3v) is 5.65. The summed E-state index contributed by atoms with van der Waals surface area (Å²) < 4.78 is 29.4. The van der Waals surface area contributed by atoms with Gasteiger partial charge in [0.1, 0.15) is 0 Å². The molecule has 7 heteroatoms. The standard InChI is InChI=1S/C14H21N3O2S2/c1-11(7-13-5-4-6-20-13)16-21(18,19)14-8-12(9-15-2)17(3)10-14/h4-6,8,10-11,15-16H,7,9H2,1-3H3. The van der Waals surface area contributed by atoms with Crippen LogP contribution in [0.4, 0.5) is 0 Å². The van der Waals surface area contributed by atoms with Crippen LogP contribution in [0.5, 0.6) is 0 Å². The van der Waals surface area contributed by atoms with Crippen LogP contribution in [0.2, 0.25) is 0 Å². The number of nitrogens with one attached hydrogen (secondary N) is 2. The normalized spacial score (nSPS) is 13.5. The molecule has 0 aliphatic carbocycles. The third-order valence-electron chi connectivity index (χ3n) is 3.19. The van der Waals surface area contributed by atoms with Crippen molar-refractivity contribution in [1.82, 2.24) is 14.6 Å². The van der Waals surface area contributed by atoms with Gasteiger partial charge in [0.05, 0.1) is 4.90 Å². The van der Waals surface area contributed by atoms with Crippen molar-refractivity contribution in [3.8, 4) is 0 Å². The van der Waals surface area contributed by atoms with E-state index in [4.69, 9.17) is 0 Å². The van der Waals surface area contributed by atoms with Gasteiger partial charge in [-0.25, -0.2) is 13.1 Å². The lowest BCUT2D eigenvalue weighted by Gasteiger charge is -2.12. The van der Waals surface area contributed by atoms with Crippen molar-refractivity contribution in [1.29, 1.82) is 0 Å². The number of hydrogen-bond acceptors (Lipinski definition) is 4. The Balaban J connectivity index is 2.09. The lowest BCUT2D eigenvalue weighted by atomic mass is 10.2. The number of nitrogens with zero attached hydrogens (tertiary/aromatic N) is 1. The van der Waals surface area contributed by atoms with Gasteiger partial charge in [-0.3, -0.25) is 0 Å². The summed E-state index contributed by atoms with van der Waals surface area (Å²) in [6.45, 7) is 2.52. The van der Waals surface area contributed by atoms with E-state index >= 15 is 0 Å². The number of thiophene rings is 1. The van der Waals surface area contributed by atoms with Crippen molar-refractivity contribution in [3.05, 3.63) is 40.3 Å². The van der Waals surface area contributed by atoms with Crippen molar-refractivity contribution in [2.75, 3.05) is 7.05 Å². The second-order valence-corrected chi connectivity index (χ2v) is 7.86. The van der Waals surface area contributed by atoms with Crippen LogP contribution in [0.25, 0.3) is 0 Å². The summed E-state index contributed by atoms with van der Waals surface area (Å²) in [4.78, 5) is 1.49. The van der Waals surface area contributed by atoms with Gasteiger partial charge in [0, 0.05) is 36.4 Å². The fourth-order valence-electron chi connectivity index (χ4n) is 2.19. The highest BCUT2D eigenvalue weighted by Gasteiger charge is 2.20. The van der Waals surface area contributed by atoms with E-state index in [1.807, 2.05) is 43.1 Å². The van der Waals surface area contributed by atoms with E-state index in [0.29, 0.717) is 17.9 Å². The lowest BCUT2D eigenvalue weighted by Crippen LogP contribution is -2.33. The first kappa shape index (κ1) is 16.2. The molecule has 1 unspecified atom stereocenters. The lowest BCUT2D eigenvalue weighted by molar-refractivity contribution is 0.560. The molecule has 0 aliphatic heterocycles. The molecule has 21 heavy (non-hydrogen) atoms. The van der Waals surface area contributed by atoms with Gasteiger partial charge in [0.25, 0.3) is 0 Å². The van der Waals surface area contributed by atoms with Crippen LogP contribution in [-0.4, -0.2) is 26.1 Å². The summed E-state index contributed by atoms with van der Waals surface area (Å²) >= 11 is 1.64. The molecule has 0 aliphatic rings. The summed E-state index contributed by atoms with van der Waals surface area (Å²) in [5.41, 5.74) is 0.934. The third kappa shape index (κ3) is 4.16. The molecule has 0 fully saturated rings. The van der Waals surface area contributed by atoms with Crippen LogP contribution in [0, 0.1) is 0 Å². The average molecular weight is 327 g/mol. The van der Waals surface area contributed by atoms with Gasteiger partial charge in [0.15, 0.2) is 0 Å². The number of aromatic nitrogens is 1. The maximum absolute atomic E-state index is 12.4. The molecule has 116 valence electrons. The SMILES string of the molecule is CNCc1cc(S(=O)(=O)NC(C)Cc2cccs2)cn1C. The molecule has 0 aromatic carbocycles. The van der Waals surface area contributed by atoms with Gasteiger partial charge in [-0.05, 0) is 37.9 Å². The average Bonchev–Trinajstić information content (AvgIpc) is 3.00. The molecular formula is C14H21N3O2S2. The van der Waals surface area contributed by atoms with Gasteiger partial charge in [-0.2, -0.15) is 0 Å². The molecule has 2 heterocycles. The Morgan fingerprint density at radius 3 is 2.81 bits per heavy atom. The smallest absolute Gasteiger partial charge is 0.242 e. The Hall–Kier alpha value is -1.15. The topological polar surface area (TPSA) is 63.1 Å². The molecule has 5 nitrogen and oxygen atoms in total. The molecule has 0 radical (unpaired) electrons. The summed E-state index contributed by atoms with van der Waals surface area (Å²) in [6, 6.07) is 5.56. The molecule has 2 aromatic heterocycles. The predicted molar refractivity (Wildman–Crippen MR) is 86.0 cm³/mol. The summed E-state index contributed by atoms with van der Waals surface area (Å²) in [6.07, 6.45) is 2.35. The van der Waals surface area contributed by atoms with Crippen LogP contribution >= 0.6 is 11.3 Å². The first-order chi connectivity index (χ1) is 9.92. The molecular weight excluding hydrogens is 306 g/mol. The molecule has 0 bridgehead atoms. The molecule has 0 spiro atoms. The fraction of sp³-hybridized carbons (Fsp3) is 0.429. The molecule has 0 saturated heterocycles. The summed E-state index contributed by atoms with van der Waals surface area (Å²) in [5, 5.41) is 5.02. The second-order valence-electron chi connectivity index (χ2n) is 5.11. The minimum atomic E-state index is -3.48. The van der Waals surface area contributed by atoms with Crippen molar-refractivity contribution >= 4 is 21.4 Å². The zero-order chi connectivity index (χ0) is 15.5. The Kier molecular flexibility index (Phi) is 5.21. The predicted octanol–water partition coefficient (Wildman–Crippen LogP) is 1.72. The molecule has 1 atom stereocenters. The van der Waals surface area contributed by atoms with E-state index in [-0.39, 0.29) is 6.04 Å². The van der Waals surface area contributed by atoms with Crippen molar-refractivity contribution in [3.63, 3.8) is 0 Å². The highest BCUT2D eigenvalue weighted by molar-refractivity contribution is 7.89. The van der Waals surface area contributed by atoms with Crippen molar-refractivity contribution < 1.29 is 8.42 Å². The molecule has 0 amide bonds. The Labute approximate surface area is 130 Å². The van der Waals surface area contributed by atoms with Gasteiger partial charge in [-0.1, -0.05) is 6.07 Å². The summed E-state index contributed by atoms with van der Waals surface area (Å²) in [5.74, 6) is 0. The van der Waals surface area contributed by atoms with Crippen LogP contribution in [-0.2, 0) is 30.0 Å². The second kappa shape index (κ2) is 6.74.